The van der Waals surface area contributed by atoms with Crippen LogP contribution in [0.5, 0.6) is 0 Å². The van der Waals surface area contributed by atoms with E-state index in [1.54, 1.807) is 11.3 Å². The van der Waals surface area contributed by atoms with Crippen molar-refractivity contribution in [2.24, 2.45) is 0 Å². The van der Waals surface area contributed by atoms with Gasteiger partial charge in [-0.2, -0.15) is 11.8 Å². The van der Waals surface area contributed by atoms with Gasteiger partial charge < -0.3 is 5.73 Å². The molecule has 0 fully saturated rings. The first-order valence-electron chi connectivity index (χ1n) is 4.53. The predicted octanol–water partition coefficient (Wildman–Crippen LogP) is 1.91. The van der Waals surface area contributed by atoms with Crippen molar-refractivity contribution in [1.82, 2.24) is 9.88 Å². The fourth-order valence-corrected chi connectivity index (χ4v) is 2.65. The average molecular weight is 231 g/mol. The highest BCUT2D eigenvalue weighted by Gasteiger charge is 2.10. The van der Waals surface area contributed by atoms with Crippen molar-refractivity contribution in [3.05, 3.63) is 11.1 Å². The first-order chi connectivity index (χ1) is 6.63. The van der Waals surface area contributed by atoms with E-state index in [9.17, 15) is 0 Å². The molecule has 0 amide bonds. The number of thioether (sulfide) groups is 1. The van der Waals surface area contributed by atoms with Crippen LogP contribution < -0.4 is 5.73 Å². The van der Waals surface area contributed by atoms with Gasteiger partial charge in [0.25, 0.3) is 0 Å². The second-order valence-electron chi connectivity index (χ2n) is 3.38. The molecule has 1 heterocycles. The minimum atomic E-state index is 0.591. The van der Waals surface area contributed by atoms with Crippen LogP contribution in [0.1, 0.15) is 11.8 Å². The smallest absolute Gasteiger partial charge is 0.180 e. The van der Waals surface area contributed by atoms with Crippen molar-refractivity contribution < 1.29 is 0 Å². The molecule has 1 aromatic heterocycles. The molecular weight excluding hydrogens is 214 g/mol. The van der Waals surface area contributed by atoms with E-state index in [4.69, 9.17) is 5.73 Å². The molecule has 0 aromatic carbocycles. The van der Waals surface area contributed by atoms with Crippen molar-refractivity contribution >= 4 is 28.2 Å². The number of hydrogen-bond donors (Lipinski definition) is 1. The van der Waals surface area contributed by atoms with Crippen LogP contribution in [0.3, 0.4) is 0 Å². The number of nitrogen functional groups attached to an aromatic ring is 1. The first kappa shape index (κ1) is 11.8. The lowest BCUT2D eigenvalue weighted by molar-refractivity contribution is 0.272. The monoisotopic (exact) mass is 231 g/mol. The largest absolute Gasteiger partial charge is 0.375 e. The van der Waals surface area contributed by atoms with Crippen LogP contribution in [-0.4, -0.2) is 35.0 Å². The Morgan fingerprint density at radius 1 is 1.71 bits per heavy atom. The fraction of sp³-hybridized carbons (Fsp3) is 0.667. The fourth-order valence-electron chi connectivity index (χ4n) is 1.17. The lowest BCUT2D eigenvalue weighted by Crippen LogP contribution is -2.30. The SMILES string of the molecule is CSCC(C)N(C)Cc1cnc(N)s1. The van der Waals surface area contributed by atoms with E-state index < -0.39 is 0 Å². The van der Waals surface area contributed by atoms with Gasteiger partial charge in [-0.05, 0) is 20.2 Å². The lowest BCUT2D eigenvalue weighted by atomic mass is 10.3. The predicted molar refractivity (Wildman–Crippen MR) is 65.8 cm³/mol. The zero-order valence-electron chi connectivity index (χ0n) is 8.86. The second kappa shape index (κ2) is 5.58. The van der Waals surface area contributed by atoms with Gasteiger partial charge in [-0.3, -0.25) is 4.90 Å². The zero-order chi connectivity index (χ0) is 10.6. The maximum Gasteiger partial charge on any atom is 0.180 e. The summed E-state index contributed by atoms with van der Waals surface area (Å²) in [4.78, 5) is 7.60. The Labute approximate surface area is 93.7 Å². The maximum absolute atomic E-state index is 5.57. The van der Waals surface area contributed by atoms with Gasteiger partial charge in [0.1, 0.15) is 0 Å². The lowest BCUT2D eigenvalue weighted by Gasteiger charge is -2.22. The van der Waals surface area contributed by atoms with E-state index in [2.05, 4.69) is 30.1 Å². The molecule has 5 heteroatoms. The highest BCUT2D eigenvalue weighted by atomic mass is 32.2. The maximum atomic E-state index is 5.57. The molecule has 1 aromatic rings. The number of rotatable bonds is 5. The van der Waals surface area contributed by atoms with Gasteiger partial charge in [-0.25, -0.2) is 4.98 Å². The van der Waals surface area contributed by atoms with E-state index in [1.165, 1.54) is 4.88 Å². The average Bonchev–Trinajstić information content (AvgIpc) is 2.51. The van der Waals surface area contributed by atoms with Crippen LogP contribution in [0.2, 0.25) is 0 Å². The molecule has 0 aliphatic carbocycles. The summed E-state index contributed by atoms with van der Waals surface area (Å²) in [6.07, 6.45) is 4.00. The number of aromatic nitrogens is 1. The molecule has 0 radical (unpaired) electrons. The molecule has 1 atom stereocenters. The Bertz CT molecular complexity index is 275. The third-order valence-corrected chi connectivity index (χ3v) is 3.76. The molecule has 0 saturated heterocycles. The molecule has 0 saturated carbocycles. The quantitative estimate of drug-likeness (QED) is 0.840. The van der Waals surface area contributed by atoms with Crippen LogP contribution in [0.25, 0.3) is 0 Å². The molecule has 0 bridgehead atoms. The van der Waals surface area contributed by atoms with Crippen LogP contribution in [0, 0.1) is 0 Å². The highest BCUT2D eigenvalue weighted by molar-refractivity contribution is 7.98. The van der Waals surface area contributed by atoms with Gasteiger partial charge in [0.05, 0.1) is 0 Å². The Hall–Kier alpha value is -0.260. The van der Waals surface area contributed by atoms with E-state index in [1.807, 2.05) is 18.0 Å². The first-order valence-corrected chi connectivity index (χ1v) is 6.74. The van der Waals surface area contributed by atoms with Crippen LogP contribution >= 0.6 is 23.1 Å². The summed E-state index contributed by atoms with van der Waals surface area (Å²) in [5.74, 6) is 1.16. The summed E-state index contributed by atoms with van der Waals surface area (Å²) in [6, 6.07) is 0.591. The summed E-state index contributed by atoms with van der Waals surface area (Å²) in [7, 11) is 2.14. The minimum absolute atomic E-state index is 0.591. The number of nitrogens with zero attached hydrogens (tertiary/aromatic N) is 2. The van der Waals surface area contributed by atoms with Gasteiger partial charge in [-0.1, -0.05) is 0 Å². The minimum Gasteiger partial charge on any atom is -0.375 e. The number of hydrogen-bond acceptors (Lipinski definition) is 5. The van der Waals surface area contributed by atoms with Crippen LogP contribution in [-0.2, 0) is 6.54 Å². The molecule has 0 aliphatic rings. The Balaban J connectivity index is 2.43. The summed E-state index contributed by atoms with van der Waals surface area (Å²) in [5, 5.41) is 0.658. The topological polar surface area (TPSA) is 42.2 Å². The van der Waals surface area contributed by atoms with Gasteiger partial charge in [0, 0.05) is 29.4 Å². The molecular formula is C9H17N3S2. The van der Waals surface area contributed by atoms with Crippen molar-refractivity contribution in [1.29, 1.82) is 0 Å². The van der Waals surface area contributed by atoms with Crippen molar-refractivity contribution in [3.8, 4) is 0 Å². The molecule has 1 unspecified atom stereocenters. The second-order valence-corrected chi connectivity index (χ2v) is 5.44. The van der Waals surface area contributed by atoms with Crippen molar-refractivity contribution in [2.45, 2.75) is 19.5 Å². The highest BCUT2D eigenvalue weighted by Crippen LogP contribution is 2.17. The Morgan fingerprint density at radius 2 is 2.43 bits per heavy atom. The molecule has 14 heavy (non-hydrogen) atoms. The van der Waals surface area contributed by atoms with Gasteiger partial charge in [-0.15, -0.1) is 11.3 Å². The van der Waals surface area contributed by atoms with E-state index >= 15 is 0 Å². The molecule has 80 valence electrons. The summed E-state index contributed by atoms with van der Waals surface area (Å²) in [5.41, 5.74) is 5.57. The normalized spacial score (nSPS) is 13.4. The van der Waals surface area contributed by atoms with Gasteiger partial charge in [0.2, 0.25) is 0 Å². The molecule has 0 aliphatic heterocycles. The van der Waals surface area contributed by atoms with Crippen molar-refractivity contribution in [3.63, 3.8) is 0 Å². The van der Waals surface area contributed by atoms with E-state index in [-0.39, 0.29) is 0 Å². The van der Waals surface area contributed by atoms with Gasteiger partial charge in [0.15, 0.2) is 5.13 Å². The number of thiazole rings is 1. The van der Waals surface area contributed by atoms with E-state index in [0.717, 1.165) is 12.3 Å². The van der Waals surface area contributed by atoms with Gasteiger partial charge >= 0.3 is 0 Å². The zero-order valence-corrected chi connectivity index (χ0v) is 10.5. The molecule has 1 rings (SSSR count). The third-order valence-electron chi connectivity index (χ3n) is 2.14. The summed E-state index contributed by atoms with van der Waals surface area (Å²) < 4.78 is 0. The molecule has 0 spiro atoms. The van der Waals surface area contributed by atoms with Crippen LogP contribution in [0.4, 0.5) is 5.13 Å². The number of anilines is 1. The third kappa shape index (κ3) is 3.48. The van der Waals surface area contributed by atoms with Crippen LogP contribution in [0.15, 0.2) is 6.20 Å². The summed E-state index contributed by atoms with van der Waals surface area (Å²) in [6.45, 7) is 3.18. The number of nitrogens with two attached hydrogens (primary N) is 1. The molecule has 3 nitrogen and oxygen atoms in total. The summed E-state index contributed by atoms with van der Waals surface area (Å²) >= 11 is 3.45. The van der Waals surface area contributed by atoms with Crippen molar-refractivity contribution in [2.75, 3.05) is 24.8 Å². The van der Waals surface area contributed by atoms with E-state index in [0.29, 0.717) is 11.2 Å². The standard InChI is InChI=1S/C9H17N3S2/c1-7(6-13-3)12(2)5-8-4-11-9(10)14-8/h4,7H,5-6H2,1-3H3,(H2,10,11). The Morgan fingerprint density at radius 3 is 2.93 bits per heavy atom. The Kier molecular flexibility index (Phi) is 4.71. The molecule has 2 N–H and O–H groups in total.